The summed E-state index contributed by atoms with van der Waals surface area (Å²) in [5.41, 5.74) is 1.15. The number of hydrogen-bond donors (Lipinski definition) is 0. The van der Waals surface area contributed by atoms with Gasteiger partial charge in [-0.3, -0.25) is 4.79 Å². The maximum Gasteiger partial charge on any atom is 0.254 e. The summed E-state index contributed by atoms with van der Waals surface area (Å²) in [4.78, 5) is 14.0. The van der Waals surface area contributed by atoms with Gasteiger partial charge in [-0.25, -0.2) is 4.39 Å². The first-order valence-electron chi connectivity index (χ1n) is 6.99. The van der Waals surface area contributed by atoms with Crippen LogP contribution in [-0.4, -0.2) is 32.6 Å². The largest absolute Gasteiger partial charge is 0.334 e. The van der Waals surface area contributed by atoms with Crippen molar-refractivity contribution in [2.45, 2.75) is 32.9 Å². The van der Waals surface area contributed by atoms with E-state index in [0.29, 0.717) is 17.7 Å². The number of fused-ring (bicyclic) bond motifs is 1. The molecule has 0 unspecified atom stereocenters. The van der Waals surface area contributed by atoms with Gasteiger partial charge in [-0.2, -0.15) is 0 Å². The zero-order valence-corrected chi connectivity index (χ0v) is 12.1. The Morgan fingerprint density at radius 1 is 1.43 bits per heavy atom. The Kier molecular flexibility index (Phi) is 3.45. The second-order valence-corrected chi connectivity index (χ2v) is 5.41. The number of aryl methyl sites for hydroxylation is 2. The predicted octanol–water partition coefficient (Wildman–Crippen LogP) is 1.94. The number of carbonyl (C=O) groups is 1. The lowest BCUT2D eigenvalue weighted by molar-refractivity contribution is 0.0779. The number of nitrogens with zero attached hydrogens (tertiary/aromatic N) is 4. The summed E-state index contributed by atoms with van der Waals surface area (Å²) in [5, 5.41) is 8.29. The Balaban J connectivity index is 1.78. The monoisotopic (exact) mass is 288 g/mol. The van der Waals surface area contributed by atoms with Gasteiger partial charge in [0.1, 0.15) is 11.6 Å². The SMILES string of the molecule is Cc1cc(F)ccc1C(=O)N(C)Cc1nnc2n1CCC2. The molecule has 5 nitrogen and oxygen atoms in total. The molecule has 0 saturated heterocycles. The van der Waals surface area contributed by atoms with Gasteiger partial charge in [0.05, 0.1) is 6.54 Å². The van der Waals surface area contributed by atoms with Crippen molar-refractivity contribution in [3.8, 4) is 0 Å². The minimum absolute atomic E-state index is 0.136. The minimum atomic E-state index is -0.332. The van der Waals surface area contributed by atoms with Crippen molar-refractivity contribution in [2.24, 2.45) is 0 Å². The topological polar surface area (TPSA) is 51.0 Å². The Bertz CT molecular complexity index is 695. The van der Waals surface area contributed by atoms with E-state index in [1.54, 1.807) is 18.9 Å². The molecule has 1 aromatic heterocycles. The van der Waals surface area contributed by atoms with Crippen LogP contribution in [0.4, 0.5) is 4.39 Å². The first-order valence-corrected chi connectivity index (χ1v) is 6.99. The van der Waals surface area contributed by atoms with Crippen LogP contribution in [0.25, 0.3) is 0 Å². The molecule has 1 amide bonds. The Hall–Kier alpha value is -2.24. The molecule has 0 atom stereocenters. The smallest absolute Gasteiger partial charge is 0.254 e. The number of amides is 1. The van der Waals surface area contributed by atoms with Gasteiger partial charge in [-0.05, 0) is 37.1 Å². The van der Waals surface area contributed by atoms with Crippen molar-refractivity contribution in [3.05, 3.63) is 46.8 Å². The Labute approximate surface area is 122 Å². The molecular weight excluding hydrogens is 271 g/mol. The molecule has 1 aromatic carbocycles. The standard InChI is InChI=1S/C15H17FN4O/c1-10-8-11(16)5-6-12(10)15(21)19(2)9-14-18-17-13-4-3-7-20(13)14/h5-6,8H,3-4,7,9H2,1-2H3. The molecule has 1 aliphatic rings. The number of aromatic nitrogens is 3. The van der Waals surface area contributed by atoms with E-state index in [1.165, 1.54) is 18.2 Å². The summed E-state index contributed by atoms with van der Waals surface area (Å²) in [6.07, 6.45) is 2.02. The molecule has 0 fully saturated rings. The highest BCUT2D eigenvalue weighted by molar-refractivity contribution is 5.95. The molecule has 21 heavy (non-hydrogen) atoms. The summed E-state index contributed by atoms with van der Waals surface area (Å²) in [7, 11) is 1.72. The number of rotatable bonds is 3. The summed E-state index contributed by atoms with van der Waals surface area (Å²) in [6, 6.07) is 4.20. The van der Waals surface area contributed by atoms with Crippen molar-refractivity contribution in [1.29, 1.82) is 0 Å². The highest BCUT2D eigenvalue weighted by atomic mass is 19.1. The predicted molar refractivity (Wildman–Crippen MR) is 75.3 cm³/mol. The molecule has 0 spiro atoms. The molecule has 2 heterocycles. The van der Waals surface area contributed by atoms with E-state index >= 15 is 0 Å². The van der Waals surface area contributed by atoms with Crippen LogP contribution in [0.15, 0.2) is 18.2 Å². The Morgan fingerprint density at radius 2 is 2.24 bits per heavy atom. The van der Waals surface area contributed by atoms with Crippen molar-refractivity contribution in [3.63, 3.8) is 0 Å². The van der Waals surface area contributed by atoms with Crippen LogP contribution in [0, 0.1) is 12.7 Å². The van der Waals surface area contributed by atoms with Gasteiger partial charge in [0.25, 0.3) is 5.91 Å². The molecule has 3 rings (SSSR count). The third kappa shape index (κ3) is 2.53. The van der Waals surface area contributed by atoms with E-state index in [9.17, 15) is 9.18 Å². The zero-order chi connectivity index (χ0) is 15.0. The fraction of sp³-hybridized carbons (Fsp3) is 0.400. The highest BCUT2D eigenvalue weighted by Gasteiger charge is 2.21. The number of benzene rings is 1. The van der Waals surface area contributed by atoms with Gasteiger partial charge < -0.3 is 9.47 Å². The van der Waals surface area contributed by atoms with Crippen molar-refractivity contribution in [1.82, 2.24) is 19.7 Å². The van der Waals surface area contributed by atoms with E-state index in [-0.39, 0.29) is 11.7 Å². The summed E-state index contributed by atoms with van der Waals surface area (Å²) in [6.45, 7) is 3.05. The molecule has 0 saturated carbocycles. The van der Waals surface area contributed by atoms with Crippen LogP contribution < -0.4 is 0 Å². The van der Waals surface area contributed by atoms with E-state index in [1.807, 2.05) is 0 Å². The molecule has 0 N–H and O–H groups in total. The van der Waals surface area contributed by atoms with Crippen LogP contribution in [-0.2, 0) is 19.5 Å². The molecule has 1 aliphatic heterocycles. The third-order valence-electron chi connectivity index (χ3n) is 3.83. The zero-order valence-electron chi connectivity index (χ0n) is 12.1. The summed E-state index contributed by atoms with van der Waals surface area (Å²) >= 11 is 0. The number of carbonyl (C=O) groups excluding carboxylic acids is 1. The molecule has 6 heteroatoms. The van der Waals surface area contributed by atoms with Crippen LogP contribution in [0.2, 0.25) is 0 Å². The molecular formula is C15H17FN4O. The second-order valence-electron chi connectivity index (χ2n) is 5.41. The van der Waals surface area contributed by atoms with Crippen molar-refractivity contribution in [2.75, 3.05) is 7.05 Å². The van der Waals surface area contributed by atoms with Crippen LogP contribution in [0.5, 0.6) is 0 Å². The highest BCUT2D eigenvalue weighted by Crippen LogP contribution is 2.17. The van der Waals surface area contributed by atoms with E-state index in [0.717, 1.165) is 31.0 Å². The second kappa shape index (κ2) is 5.27. The van der Waals surface area contributed by atoms with E-state index in [2.05, 4.69) is 14.8 Å². The average molecular weight is 288 g/mol. The first-order chi connectivity index (χ1) is 10.1. The van der Waals surface area contributed by atoms with Gasteiger partial charge in [-0.15, -0.1) is 10.2 Å². The molecule has 110 valence electrons. The molecule has 2 aromatic rings. The van der Waals surface area contributed by atoms with Crippen LogP contribution in [0.1, 0.15) is 34.0 Å². The quantitative estimate of drug-likeness (QED) is 0.867. The maximum atomic E-state index is 13.1. The lowest BCUT2D eigenvalue weighted by Crippen LogP contribution is -2.28. The number of halogens is 1. The lowest BCUT2D eigenvalue weighted by atomic mass is 10.1. The van der Waals surface area contributed by atoms with Gasteiger partial charge in [-0.1, -0.05) is 0 Å². The average Bonchev–Trinajstić information content (AvgIpc) is 3.03. The summed E-state index contributed by atoms with van der Waals surface area (Å²) < 4.78 is 15.2. The van der Waals surface area contributed by atoms with E-state index in [4.69, 9.17) is 0 Å². The fourth-order valence-corrected chi connectivity index (χ4v) is 2.68. The van der Waals surface area contributed by atoms with Crippen molar-refractivity contribution >= 4 is 5.91 Å². The summed E-state index contributed by atoms with van der Waals surface area (Å²) in [5.74, 6) is 1.33. The lowest BCUT2D eigenvalue weighted by Gasteiger charge is -2.18. The maximum absolute atomic E-state index is 13.1. The first kappa shape index (κ1) is 13.7. The fourth-order valence-electron chi connectivity index (χ4n) is 2.68. The van der Waals surface area contributed by atoms with E-state index < -0.39 is 0 Å². The van der Waals surface area contributed by atoms with Gasteiger partial charge in [0.2, 0.25) is 0 Å². The molecule has 0 bridgehead atoms. The van der Waals surface area contributed by atoms with Gasteiger partial charge >= 0.3 is 0 Å². The van der Waals surface area contributed by atoms with Crippen LogP contribution in [0.3, 0.4) is 0 Å². The van der Waals surface area contributed by atoms with Gasteiger partial charge in [0, 0.05) is 25.6 Å². The molecule has 0 radical (unpaired) electrons. The Morgan fingerprint density at radius 3 is 3.00 bits per heavy atom. The van der Waals surface area contributed by atoms with Crippen molar-refractivity contribution < 1.29 is 9.18 Å². The molecule has 0 aliphatic carbocycles. The number of hydrogen-bond acceptors (Lipinski definition) is 3. The van der Waals surface area contributed by atoms with Crippen LogP contribution >= 0.6 is 0 Å². The van der Waals surface area contributed by atoms with Gasteiger partial charge in [0.15, 0.2) is 5.82 Å². The third-order valence-corrected chi connectivity index (χ3v) is 3.83. The normalized spacial score (nSPS) is 13.3. The minimum Gasteiger partial charge on any atom is -0.334 e.